The zero-order valence-electron chi connectivity index (χ0n) is 19.9. The summed E-state index contributed by atoms with van der Waals surface area (Å²) in [7, 11) is 0. The number of aryl methyl sites for hydroxylation is 1. The van der Waals surface area contributed by atoms with Crippen LogP contribution in [0.2, 0.25) is 15.1 Å². The number of nitrogens with one attached hydrogen (secondary N) is 1. The molecule has 1 unspecified atom stereocenters. The number of hydrogen-bond donors (Lipinski definition) is 1. The van der Waals surface area contributed by atoms with Crippen LogP contribution in [0.1, 0.15) is 24.4 Å². The number of allylic oxidation sites excluding steroid dienone is 1. The molecule has 1 amide bonds. The van der Waals surface area contributed by atoms with Gasteiger partial charge in [-0.2, -0.15) is 0 Å². The van der Waals surface area contributed by atoms with Gasteiger partial charge in [0.05, 0.1) is 16.5 Å². The maximum Gasteiger partial charge on any atom is 0.236 e. The van der Waals surface area contributed by atoms with Crippen molar-refractivity contribution in [2.45, 2.75) is 31.7 Å². The summed E-state index contributed by atoms with van der Waals surface area (Å²) in [5.74, 6) is 1.24. The average molecular weight is 595 g/mol. The van der Waals surface area contributed by atoms with Crippen molar-refractivity contribution in [3.8, 4) is 17.0 Å². The van der Waals surface area contributed by atoms with E-state index in [0.29, 0.717) is 49.2 Å². The summed E-state index contributed by atoms with van der Waals surface area (Å²) in [6, 6.07) is 10.6. The SMILES string of the molecule is C=CCn1c(SCC(=O)Nc2nc(-c3ccc(Cl)cc3Cl)cs2)nnc1C(C)Oc1ccc(Cl)cc1C. The van der Waals surface area contributed by atoms with E-state index < -0.39 is 0 Å². The first-order valence-electron chi connectivity index (χ1n) is 11.1. The molecular formula is C25H22Cl3N5O2S2. The van der Waals surface area contributed by atoms with Gasteiger partial charge in [-0.1, -0.05) is 52.6 Å². The van der Waals surface area contributed by atoms with Gasteiger partial charge in [-0.05, 0) is 55.8 Å². The lowest BCUT2D eigenvalue weighted by atomic mass is 10.2. The molecule has 4 aromatic rings. The number of carbonyl (C=O) groups excluding carboxylic acids is 1. The van der Waals surface area contributed by atoms with Gasteiger partial charge < -0.3 is 10.1 Å². The summed E-state index contributed by atoms with van der Waals surface area (Å²) < 4.78 is 8.00. The fraction of sp³-hybridized carbons (Fsp3) is 0.200. The number of halogens is 3. The monoisotopic (exact) mass is 593 g/mol. The Bertz CT molecular complexity index is 1440. The largest absolute Gasteiger partial charge is 0.482 e. The summed E-state index contributed by atoms with van der Waals surface area (Å²) in [4.78, 5) is 17.1. The summed E-state index contributed by atoms with van der Waals surface area (Å²) in [6.45, 7) is 8.12. The lowest BCUT2D eigenvalue weighted by Gasteiger charge is -2.17. The predicted molar refractivity (Wildman–Crippen MR) is 152 cm³/mol. The van der Waals surface area contributed by atoms with Gasteiger partial charge in [-0.15, -0.1) is 28.1 Å². The quantitative estimate of drug-likeness (QED) is 0.149. The van der Waals surface area contributed by atoms with Crippen LogP contribution in [0.25, 0.3) is 11.3 Å². The van der Waals surface area contributed by atoms with E-state index in [1.165, 1.54) is 23.1 Å². The Labute approximate surface area is 237 Å². The van der Waals surface area contributed by atoms with Gasteiger partial charge in [-0.3, -0.25) is 9.36 Å². The van der Waals surface area contributed by atoms with Crippen molar-refractivity contribution in [2.24, 2.45) is 0 Å². The number of amides is 1. The Kier molecular flexibility index (Phi) is 9.15. The number of hydrogen-bond acceptors (Lipinski definition) is 7. The van der Waals surface area contributed by atoms with Crippen LogP contribution in [0.15, 0.2) is 59.6 Å². The first-order chi connectivity index (χ1) is 17.7. The van der Waals surface area contributed by atoms with Crippen molar-refractivity contribution in [2.75, 3.05) is 11.1 Å². The van der Waals surface area contributed by atoms with Crippen molar-refractivity contribution in [1.82, 2.24) is 19.7 Å². The van der Waals surface area contributed by atoms with Crippen molar-refractivity contribution < 1.29 is 9.53 Å². The number of ether oxygens (including phenoxy) is 1. The summed E-state index contributed by atoms with van der Waals surface area (Å²) in [5, 5.41) is 16.0. The summed E-state index contributed by atoms with van der Waals surface area (Å²) >= 11 is 20.9. The van der Waals surface area contributed by atoms with Gasteiger partial charge in [0.1, 0.15) is 5.75 Å². The van der Waals surface area contributed by atoms with Crippen LogP contribution in [0.5, 0.6) is 5.75 Å². The molecule has 0 saturated heterocycles. The van der Waals surface area contributed by atoms with Crippen molar-refractivity contribution in [3.63, 3.8) is 0 Å². The highest BCUT2D eigenvalue weighted by Gasteiger charge is 2.21. The van der Waals surface area contributed by atoms with E-state index in [4.69, 9.17) is 39.5 Å². The lowest BCUT2D eigenvalue weighted by Crippen LogP contribution is -2.15. The van der Waals surface area contributed by atoms with Crippen molar-refractivity contribution in [1.29, 1.82) is 0 Å². The van der Waals surface area contributed by atoms with Gasteiger partial charge >= 0.3 is 0 Å². The highest BCUT2D eigenvalue weighted by atomic mass is 35.5. The number of carbonyl (C=O) groups is 1. The zero-order chi connectivity index (χ0) is 26.5. The molecule has 0 spiro atoms. The van der Waals surface area contributed by atoms with Gasteiger partial charge in [0.15, 0.2) is 22.2 Å². The van der Waals surface area contributed by atoms with Crippen molar-refractivity contribution in [3.05, 3.63) is 80.9 Å². The Balaban J connectivity index is 1.40. The van der Waals surface area contributed by atoms with E-state index in [0.717, 1.165) is 11.1 Å². The van der Waals surface area contributed by atoms with Gasteiger partial charge in [0.2, 0.25) is 5.91 Å². The lowest BCUT2D eigenvalue weighted by molar-refractivity contribution is -0.113. The molecule has 0 aliphatic heterocycles. The number of rotatable bonds is 10. The van der Waals surface area contributed by atoms with Crippen LogP contribution in [-0.4, -0.2) is 31.4 Å². The average Bonchev–Trinajstić information content (AvgIpc) is 3.47. The standard InChI is InChI=1S/C25H22Cl3N5O2S2/c1-4-9-33-23(15(3)35-21-8-6-16(26)10-14(21)2)31-32-25(33)37-13-22(34)30-24-29-20(12-36-24)18-7-5-17(27)11-19(18)28/h4-8,10-12,15H,1,9,13H2,2-3H3,(H,29,30,34). The molecular weight excluding hydrogens is 573 g/mol. The fourth-order valence-electron chi connectivity index (χ4n) is 3.43. The highest BCUT2D eigenvalue weighted by Crippen LogP contribution is 2.33. The van der Waals surface area contributed by atoms with Crippen LogP contribution in [0, 0.1) is 6.92 Å². The van der Waals surface area contributed by atoms with E-state index in [-0.39, 0.29) is 17.8 Å². The minimum absolute atomic E-state index is 0.122. The number of thioether (sulfide) groups is 1. The molecule has 2 heterocycles. The van der Waals surface area contributed by atoms with Crippen LogP contribution in [0.3, 0.4) is 0 Å². The van der Waals surface area contributed by atoms with Crippen LogP contribution < -0.4 is 10.1 Å². The van der Waals surface area contributed by atoms with E-state index >= 15 is 0 Å². The smallest absolute Gasteiger partial charge is 0.236 e. The number of anilines is 1. The third-order valence-electron chi connectivity index (χ3n) is 5.15. The maximum absolute atomic E-state index is 12.6. The zero-order valence-corrected chi connectivity index (χ0v) is 23.8. The second-order valence-electron chi connectivity index (χ2n) is 7.91. The Morgan fingerprint density at radius 1 is 1.22 bits per heavy atom. The fourth-order valence-corrected chi connectivity index (χ4v) is 5.65. The minimum atomic E-state index is -0.385. The van der Waals surface area contributed by atoms with Crippen LogP contribution >= 0.6 is 57.9 Å². The molecule has 0 saturated carbocycles. The second-order valence-corrected chi connectivity index (χ2v) is 11.0. The van der Waals surface area contributed by atoms with E-state index in [2.05, 4.69) is 27.1 Å². The minimum Gasteiger partial charge on any atom is -0.482 e. The molecule has 0 radical (unpaired) electrons. The third kappa shape index (κ3) is 6.86. The molecule has 0 bridgehead atoms. The second kappa shape index (κ2) is 12.3. The molecule has 1 N–H and O–H groups in total. The van der Waals surface area contributed by atoms with E-state index in [9.17, 15) is 4.79 Å². The van der Waals surface area contributed by atoms with Crippen LogP contribution in [0.4, 0.5) is 5.13 Å². The molecule has 4 rings (SSSR count). The van der Waals surface area contributed by atoms with Gasteiger partial charge in [0.25, 0.3) is 0 Å². The molecule has 37 heavy (non-hydrogen) atoms. The molecule has 0 aliphatic rings. The summed E-state index contributed by atoms with van der Waals surface area (Å²) in [6.07, 6.45) is 1.36. The van der Waals surface area contributed by atoms with Crippen molar-refractivity contribution >= 4 is 68.9 Å². The van der Waals surface area contributed by atoms with Gasteiger partial charge in [-0.25, -0.2) is 4.98 Å². The Hall–Kier alpha value is -2.56. The highest BCUT2D eigenvalue weighted by molar-refractivity contribution is 7.99. The Morgan fingerprint density at radius 3 is 2.70 bits per heavy atom. The molecule has 12 heteroatoms. The van der Waals surface area contributed by atoms with Gasteiger partial charge in [0, 0.05) is 27.5 Å². The maximum atomic E-state index is 12.6. The predicted octanol–water partition coefficient (Wildman–Crippen LogP) is 7.73. The van der Waals surface area contributed by atoms with E-state index in [1.807, 2.05) is 35.9 Å². The Morgan fingerprint density at radius 2 is 1.97 bits per heavy atom. The molecule has 1 atom stereocenters. The number of aromatic nitrogens is 4. The molecule has 0 fully saturated rings. The molecule has 2 aromatic heterocycles. The van der Waals surface area contributed by atoms with Crippen LogP contribution in [-0.2, 0) is 11.3 Å². The number of benzene rings is 2. The molecule has 2 aromatic carbocycles. The molecule has 7 nitrogen and oxygen atoms in total. The number of nitrogens with zero attached hydrogens (tertiary/aromatic N) is 4. The summed E-state index contributed by atoms with van der Waals surface area (Å²) in [5.41, 5.74) is 2.33. The number of thiazole rings is 1. The first kappa shape index (κ1) is 27.5. The topological polar surface area (TPSA) is 81.9 Å². The normalized spacial score (nSPS) is 11.8. The first-order valence-corrected chi connectivity index (χ1v) is 14.1. The third-order valence-corrected chi connectivity index (χ3v) is 7.66. The molecule has 0 aliphatic carbocycles. The molecule has 192 valence electrons. The van der Waals surface area contributed by atoms with E-state index in [1.54, 1.807) is 30.3 Å².